The summed E-state index contributed by atoms with van der Waals surface area (Å²) in [5.74, 6) is 1.38. The summed E-state index contributed by atoms with van der Waals surface area (Å²) in [6, 6.07) is 12.3. The van der Waals surface area contributed by atoms with Gasteiger partial charge in [-0.3, -0.25) is 0 Å². The van der Waals surface area contributed by atoms with Gasteiger partial charge in [-0.2, -0.15) is 0 Å². The molecule has 0 bridgehead atoms. The highest BCUT2D eigenvalue weighted by molar-refractivity contribution is 7.79. The molecule has 0 aromatic heterocycles. The van der Waals surface area contributed by atoms with Crippen LogP contribution in [0.2, 0.25) is 0 Å². The van der Waals surface area contributed by atoms with Gasteiger partial charge >= 0.3 is 0 Å². The quantitative estimate of drug-likeness (QED) is 0.874. The molecule has 0 fully saturated rings. The molecule has 4 nitrogen and oxygen atoms in total. The number of benzene rings is 2. The van der Waals surface area contributed by atoms with Crippen molar-refractivity contribution in [1.29, 1.82) is 0 Å². The minimum Gasteiger partial charge on any atom is -0.496 e. The van der Waals surface area contributed by atoms with Gasteiger partial charge in [0.2, 0.25) is 0 Å². The SMILES string of the molecule is COc1cccc(OC)c1-c1ccc(S(=O)O)cc1. The van der Waals surface area contributed by atoms with Crippen molar-refractivity contribution in [2.24, 2.45) is 0 Å². The number of hydrogen-bond donors (Lipinski definition) is 1. The van der Waals surface area contributed by atoms with Gasteiger partial charge in [0, 0.05) is 0 Å². The second-order valence-electron chi connectivity index (χ2n) is 3.81. The Labute approximate surface area is 114 Å². The van der Waals surface area contributed by atoms with E-state index in [0.29, 0.717) is 16.4 Å². The lowest BCUT2D eigenvalue weighted by molar-refractivity contribution is 0.397. The van der Waals surface area contributed by atoms with E-state index in [9.17, 15) is 4.21 Å². The maximum atomic E-state index is 11.0. The van der Waals surface area contributed by atoms with Crippen molar-refractivity contribution in [1.82, 2.24) is 0 Å². The standard InChI is InChI=1S/C14H14O4S/c1-17-12-4-3-5-13(18-2)14(12)10-6-8-11(9-7-10)19(15)16/h3-9H,1-2H3,(H,15,16). The van der Waals surface area contributed by atoms with Gasteiger partial charge in [0.05, 0.1) is 24.7 Å². The minimum absolute atomic E-state index is 0.359. The Morgan fingerprint density at radius 3 is 1.89 bits per heavy atom. The first-order valence-electron chi connectivity index (χ1n) is 5.59. The van der Waals surface area contributed by atoms with Crippen LogP contribution in [-0.2, 0) is 11.1 Å². The lowest BCUT2D eigenvalue weighted by atomic mass is 10.0. The summed E-state index contributed by atoms with van der Waals surface area (Å²) in [5, 5.41) is 0. The number of rotatable bonds is 4. The van der Waals surface area contributed by atoms with Crippen LogP contribution in [0.25, 0.3) is 11.1 Å². The van der Waals surface area contributed by atoms with Gasteiger partial charge in [-0.05, 0) is 29.8 Å². The molecule has 0 aliphatic heterocycles. The highest BCUT2D eigenvalue weighted by Gasteiger charge is 2.12. The molecule has 1 atom stereocenters. The van der Waals surface area contributed by atoms with Gasteiger partial charge in [0.1, 0.15) is 11.5 Å². The second-order valence-corrected chi connectivity index (χ2v) is 4.78. The molecule has 0 aliphatic rings. The molecule has 2 aromatic carbocycles. The zero-order chi connectivity index (χ0) is 13.8. The molecule has 0 spiro atoms. The molecular weight excluding hydrogens is 264 g/mol. The van der Waals surface area contributed by atoms with E-state index in [0.717, 1.165) is 11.1 Å². The van der Waals surface area contributed by atoms with E-state index in [1.807, 2.05) is 18.2 Å². The van der Waals surface area contributed by atoms with E-state index >= 15 is 0 Å². The van der Waals surface area contributed by atoms with Gasteiger partial charge in [-0.15, -0.1) is 0 Å². The third-order valence-corrected chi connectivity index (χ3v) is 3.45. The van der Waals surface area contributed by atoms with Gasteiger partial charge in [0.25, 0.3) is 0 Å². The van der Waals surface area contributed by atoms with Crippen LogP contribution in [0.15, 0.2) is 47.4 Å². The van der Waals surface area contributed by atoms with Crippen LogP contribution in [0, 0.1) is 0 Å². The van der Waals surface area contributed by atoms with Crippen molar-refractivity contribution >= 4 is 11.1 Å². The lowest BCUT2D eigenvalue weighted by Gasteiger charge is -2.13. The molecule has 19 heavy (non-hydrogen) atoms. The smallest absolute Gasteiger partial charge is 0.186 e. The number of ether oxygens (including phenoxy) is 2. The van der Waals surface area contributed by atoms with Crippen molar-refractivity contribution < 1.29 is 18.2 Å². The molecule has 2 rings (SSSR count). The van der Waals surface area contributed by atoms with Crippen molar-refractivity contribution in [2.45, 2.75) is 4.90 Å². The van der Waals surface area contributed by atoms with E-state index in [-0.39, 0.29) is 0 Å². The maximum Gasteiger partial charge on any atom is 0.186 e. The third-order valence-electron chi connectivity index (χ3n) is 2.77. The van der Waals surface area contributed by atoms with E-state index in [2.05, 4.69) is 0 Å². The molecule has 0 saturated heterocycles. The fourth-order valence-electron chi connectivity index (χ4n) is 1.87. The average Bonchev–Trinajstić information content (AvgIpc) is 2.46. The Kier molecular flexibility index (Phi) is 4.19. The molecule has 5 heteroatoms. The van der Waals surface area contributed by atoms with Crippen LogP contribution < -0.4 is 9.47 Å². The van der Waals surface area contributed by atoms with Crippen molar-refractivity contribution in [3.05, 3.63) is 42.5 Å². The van der Waals surface area contributed by atoms with Crippen molar-refractivity contribution in [2.75, 3.05) is 14.2 Å². The van der Waals surface area contributed by atoms with Crippen LogP contribution in [0.5, 0.6) is 11.5 Å². The van der Waals surface area contributed by atoms with Gasteiger partial charge < -0.3 is 14.0 Å². The van der Waals surface area contributed by atoms with Crippen LogP contribution >= 0.6 is 0 Å². The summed E-state index contributed by atoms with van der Waals surface area (Å²) in [4.78, 5) is 0.359. The first-order valence-corrected chi connectivity index (χ1v) is 6.70. The van der Waals surface area contributed by atoms with Crippen LogP contribution in [0.3, 0.4) is 0 Å². The van der Waals surface area contributed by atoms with Crippen molar-refractivity contribution in [3.8, 4) is 22.6 Å². The van der Waals surface area contributed by atoms with Crippen LogP contribution in [-0.4, -0.2) is 23.0 Å². The van der Waals surface area contributed by atoms with E-state index in [1.54, 1.807) is 38.5 Å². The predicted octanol–water partition coefficient (Wildman–Crippen LogP) is 2.95. The maximum absolute atomic E-state index is 11.0. The monoisotopic (exact) mass is 278 g/mol. The molecular formula is C14H14O4S. The van der Waals surface area contributed by atoms with Gasteiger partial charge in [-0.1, -0.05) is 18.2 Å². The second kappa shape index (κ2) is 5.86. The highest BCUT2D eigenvalue weighted by atomic mass is 32.2. The summed E-state index contributed by atoms with van der Waals surface area (Å²) in [5.41, 5.74) is 1.69. The highest BCUT2D eigenvalue weighted by Crippen LogP contribution is 2.38. The zero-order valence-electron chi connectivity index (χ0n) is 10.6. The van der Waals surface area contributed by atoms with E-state index in [4.69, 9.17) is 14.0 Å². The molecule has 2 aromatic rings. The molecule has 1 N–H and O–H groups in total. The fraction of sp³-hybridized carbons (Fsp3) is 0.143. The first kappa shape index (κ1) is 13.6. The Hall–Kier alpha value is -1.85. The average molecular weight is 278 g/mol. The van der Waals surface area contributed by atoms with Gasteiger partial charge in [0.15, 0.2) is 11.1 Å². The molecule has 100 valence electrons. The lowest BCUT2D eigenvalue weighted by Crippen LogP contribution is -1.93. The Morgan fingerprint density at radius 1 is 0.947 bits per heavy atom. The van der Waals surface area contributed by atoms with E-state index in [1.165, 1.54) is 0 Å². The molecule has 0 saturated carbocycles. The number of methoxy groups -OCH3 is 2. The zero-order valence-corrected chi connectivity index (χ0v) is 11.4. The van der Waals surface area contributed by atoms with Gasteiger partial charge in [-0.25, -0.2) is 4.21 Å². The summed E-state index contributed by atoms with van der Waals surface area (Å²) >= 11 is -1.97. The number of hydrogen-bond acceptors (Lipinski definition) is 3. The molecule has 0 aliphatic carbocycles. The molecule has 0 heterocycles. The Morgan fingerprint density at radius 2 is 1.47 bits per heavy atom. The molecule has 1 unspecified atom stereocenters. The third kappa shape index (κ3) is 2.77. The summed E-state index contributed by atoms with van der Waals surface area (Å²) < 4.78 is 30.6. The topological polar surface area (TPSA) is 55.8 Å². The van der Waals surface area contributed by atoms with Crippen LogP contribution in [0.4, 0.5) is 0 Å². The summed E-state index contributed by atoms with van der Waals surface area (Å²) in [7, 11) is 3.19. The largest absolute Gasteiger partial charge is 0.496 e. The fourth-order valence-corrected chi connectivity index (χ4v) is 2.24. The normalized spacial score (nSPS) is 11.9. The van der Waals surface area contributed by atoms with Crippen LogP contribution in [0.1, 0.15) is 0 Å². The summed E-state index contributed by atoms with van der Waals surface area (Å²) in [6.45, 7) is 0. The summed E-state index contributed by atoms with van der Waals surface area (Å²) in [6.07, 6.45) is 0. The first-order chi connectivity index (χ1) is 9.17. The minimum atomic E-state index is -1.97. The molecule has 0 amide bonds. The van der Waals surface area contributed by atoms with E-state index < -0.39 is 11.1 Å². The Balaban J connectivity index is 2.54. The van der Waals surface area contributed by atoms with Crippen molar-refractivity contribution in [3.63, 3.8) is 0 Å². The predicted molar refractivity (Wildman–Crippen MR) is 74.0 cm³/mol. The Bertz CT molecular complexity index is 571. The molecule has 0 radical (unpaired) electrons.